The van der Waals surface area contributed by atoms with Crippen LogP contribution in [0.3, 0.4) is 0 Å². The molecule has 1 atom stereocenters. The quantitative estimate of drug-likeness (QED) is 0.291. The number of aliphatic imine (C=N–C) groups is 1. The van der Waals surface area contributed by atoms with Crippen LogP contribution < -0.4 is 10.6 Å². The molecule has 1 aliphatic heterocycles. The Morgan fingerprint density at radius 3 is 2.63 bits per heavy atom. The number of hydrogen-bond acceptors (Lipinski definition) is 5. The number of nitrogens with zero attached hydrogens (tertiary/aromatic N) is 3. The Bertz CT molecular complexity index is 780. The summed E-state index contributed by atoms with van der Waals surface area (Å²) >= 11 is 7.87. The van der Waals surface area contributed by atoms with Gasteiger partial charge in [0.25, 0.3) is 0 Å². The second-order valence-corrected chi connectivity index (χ2v) is 8.56. The Kier molecular flexibility index (Phi) is 11.4. The van der Waals surface area contributed by atoms with E-state index >= 15 is 0 Å². The zero-order valence-electron chi connectivity index (χ0n) is 17.6. The van der Waals surface area contributed by atoms with E-state index in [1.807, 2.05) is 18.3 Å². The highest BCUT2D eigenvalue weighted by Crippen LogP contribution is 2.23. The van der Waals surface area contributed by atoms with Crippen molar-refractivity contribution in [3.05, 3.63) is 50.9 Å². The van der Waals surface area contributed by atoms with E-state index in [0.717, 1.165) is 68.2 Å². The third kappa shape index (κ3) is 7.64. The summed E-state index contributed by atoms with van der Waals surface area (Å²) < 4.78 is 5.53. The predicted octanol–water partition coefficient (Wildman–Crippen LogP) is 3.76. The number of morpholine rings is 1. The number of nitrogens with one attached hydrogen (secondary N) is 2. The lowest BCUT2D eigenvalue weighted by molar-refractivity contribution is 0.0170. The summed E-state index contributed by atoms with van der Waals surface area (Å²) in [6.07, 6.45) is 3.92. The highest BCUT2D eigenvalue weighted by molar-refractivity contribution is 14.0. The van der Waals surface area contributed by atoms with Gasteiger partial charge in [-0.1, -0.05) is 30.7 Å². The van der Waals surface area contributed by atoms with E-state index in [1.54, 1.807) is 18.4 Å². The van der Waals surface area contributed by atoms with Crippen LogP contribution >= 0.6 is 46.9 Å². The minimum atomic E-state index is 0. The molecule has 166 valence electrons. The Balaban J connectivity index is 0.00000320. The number of ether oxygens (including phenoxy) is 1. The summed E-state index contributed by atoms with van der Waals surface area (Å²) in [4.78, 5) is 12.6. The lowest BCUT2D eigenvalue weighted by Crippen LogP contribution is -2.46. The number of aryl methyl sites for hydroxylation is 1. The molecular formula is C21H31ClIN5OS. The van der Waals surface area contributed by atoms with Crippen LogP contribution in [0.5, 0.6) is 0 Å². The van der Waals surface area contributed by atoms with Gasteiger partial charge in [-0.3, -0.25) is 9.89 Å². The smallest absolute Gasteiger partial charge is 0.191 e. The number of halogens is 2. The minimum absolute atomic E-state index is 0. The van der Waals surface area contributed by atoms with E-state index in [2.05, 4.69) is 44.6 Å². The van der Waals surface area contributed by atoms with E-state index in [9.17, 15) is 0 Å². The van der Waals surface area contributed by atoms with Crippen molar-refractivity contribution in [3.8, 4) is 0 Å². The maximum Gasteiger partial charge on any atom is 0.191 e. The van der Waals surface area contributed by atoms with Crippen molar-refractivity contribution in [2.24, 2.45) is 4.99 Å². The van der Waals surface area contributed by atoms with Gasteiger partial charge in [-0.2, -0.15) is 0 Å². The standard InChI is InChI=1S/C21H30ClN5OS.HI/c1-3-18-14-25-20(29-18)8-9-24-21(23-2)26-15-19(27-10-12-28-13-11-27)16-4-6-17(22)7-5-16;/h4-7,14,19H,3,8-13,15H2,1-2H3,(H2,23,24,26);1H. The molecule has 6 nitrogen and oxygen atoms in total. The molecular weight excluding hydrogens is 533 g/mol. The zero-order chi connectivity index (χ0) is 20.5. The SMILES string of the molecule is CCc1cnc(CCNC(=NC)NCC(c2ccc(Cl)cc2)N2CCOCC2)s1.I. The maximum absolute atomic E-state index is 6.09. The first-order valence-electron chi connectivity index (χ1n) is 10.1. The summed E-state index contributed by atoms with van der Waals surface area (Å²) in [6, 6.07) is 8.36. The Morgan fingerprint density at radius 2 is 2.00 bits per heavy atom. The molecule has 0 aliphatic carbocycles. The molecule has 2 heterocycles. The number of thiazole rings is 1. The van der Waals surface area contributed by atoms with E-state index in [-0.39, 0.29) is 30.0 Å². The van der Waals surface area contributed by atoms with E-state index < -0.39 is 0 Å². The van der Waals surface area contributed by atoms with E-state index in [1.165, 1.54) is 10.4 Å². The third-order valence-corrected chi connectivity index (χ3v) is 6.46. The minimum Gasteiger partial charge on any atom is -0.379 e. The largest absolute Gasteiger partial charge is 0.379 e. The van der Waals surface area contributed by atoms with Crippen molar-refractivity contribution < 1.29 is 4.74 Å². The Labute approximate surface area is 205 Å². The van der Waals surface area contributed by atoms with Crippen molar-refractivity contribution in [1.29, 1.82) is 0 Å². The summed E-state index contributed by atoms with van der Waals surface area (Å²) in [5.41, 5.74) is 1.24. The molecule has 9 heteroatoms. The number of hydrogen-bond donors (Lipinski definition) is 2. The monoisotopic (exact) mass is 563 g/mol. The highest BCUT2D eigenvalue weighted by atomic mass is 127. The van der Waals surface area contributed by atoms with E-state index in [4.69, 9.17) is 16.3 Å². The van der Waals surface area contributed by atoms with Crippen LogP contribution in [0, 0.1) is 0 Å². The lowest BCUT2D eigenvalue weighted by Gasteiger charge is -2.35. The first kappa shape index (κ1) is 25.3. The van der Waals surface area contributed by atoms with Gasteiger partial charge in [0.05, 0.1) is 24.3 Å². The van der Waals surface area contributed by atoms with Gasteiger partial charge in [0, 0.05) is 55.7 Å². The number of aromatic nitrogens is 1. The van der Waals surface area contributed by atoms with Crippen LogP contribution in [0.25, 0.3) is 0 Å². The molecule has 1 aromatic carbocycles. The fourth-order valence-corrected chi connectivity index (χ4v) is 4.35. The molecule has 3 rings (SSSR count). The van der Waals surface area contributed by atoms with Crippen molar-refractivity contribution in [2.45, 2.75) is 25.8 Å². The van der Waals surface area contributed by atoms with Gasteiger partial charge in [-0.05, 0) is 24.1 Å². The fraction of sp³-hybridized carbons (Fsp3) is 0.524. The molecule has 1 saturated heterocycles. The first-order valence-corrected chi connectivity index (χ1v) is 11.3. The van der Waals surface area contributed by atoms with Gasteiger partial charge in [0.2, 0.25) is 0 Å². The van der Waals surface area contributed by atoms with Gasteiger partial charge in [-0.15, -0.1) is 35.3 Å². The van der Waals surface area contributed by atoms with Gasteiger partial charge < -0.3 is 15.4 Å². The number of guanidine groups is 1. The van der Waals surface area contributed by atoms with Crippen molar-refractivity contribution in [2.75, 3.05) is 46.4 Å². The predicted molar refractivity (Wildman–Crippen MR) is 137 cm³/mol. The molecule has 1 aliphatic rings. The van der Waals surface area contributed by atoms with Crippen LogP contribution in [0.4, 0.5) is 0 Å². The van der Waals surface area contributed by atoms with Gasteiger partial charge >= 0.3 is 0 Å². The van der Waals surface area contributed by atoms with Crippen LogP contribution in [0.15, 0.2) is 35.5 Å². The Morgan fingerprint density at radius 1 is 1.27 bits per heavy atom. The third-order valence-electron chi connectivity index (χ3n) is 5.01. The van der Waals surface area contributed by atoms with Gasteiger partial charge in [0.1, 0.15) is 0 Å². The van der Waals surface area contributed by atoms with Gasteiger partial charge in [0.15, 0.2) is 5.96 Å². The van der Waals surface area contributed by atoms with Crippen molar-refractivity contribution in [3.63, 3.8) is 0 Å². The molecule has 1 aromatic heterocycles. The molecule has 0 spiro atoms. The topological polar surface area (TPSA) is 61.8 Å². The van der Waals surface area contributed by atoms with Crippen LogP contribution in [-0.4, -0.2) is 62.3 Å². The maximum atomic E-state index is 6.09. The summed E-state index contributed by atoms with van der Waals surface area (Å²) in [5, 5.41) is 8.82. The second-order valence-electron chi connectivity index (χ2n) is 6.92. The molecule has 0 saturated carbocycles. The molecule has 30 heavy (non-hydrogen) atoms. The van der Waals surface area contributed by atoms with Crippen molar-refractivity contribution >= 4 is 52.9 Å². The fourth-order valence-electron chi connectivity index (χ4n) is 3.36. The number of rotatable bonds is 8. The Hall–Kier alpha value is -0.940. The summed E-state index contributed by atoms with van der Waals surface area (Å²) in [7, 11) is 1.81. The zero-order valence-corrected chi connectivity index (χ0v) is 21.5. The summed E-state index contributed by atoms with van der Waals surface area (Å²) in [6.45, 7) is 7.11. The average molecular weight is 564 g/mol. The molecule has 0 amide bonds. The van der Waals surface area contributed by atoms with Crippen LogP contribution in [-0.2, 0) is 17.6 Å². The summed E-state index contributed by atoms with van der Waals surface area (Å²) in [5.74, 6) is 0.810. The molecule has 2 N–H and O–H groups in total. The molecule has 1 unspecified atom stereocenters. The number of benzene rings is 1. The van der Waals surface area contributed by atoms with Crippen molar-refractivity contribution in [1.82, 2.24) is 20.5 Å². The molecule has 0 bridgehead atoms. The molecule has 0 radical (unpaired) electrons. The lowest BCUT2D eigenvalue weighted by atomic mass is 10.0. The highest BCUT2D eigenvalue weighted by Gasteiger charge is 2.23. The van der Waals surface area contributed by atoms with Gasteiger partial charge in [-0.25, -0.2) is 4.98 Å². The molecule has 1 fully saturated rings. The van der Waals surface area contributed by atoms with Crippen LogP contribution in [0.1, 0.15) is 28.4 Å². The normalized spacial score (nSPS) is 16.0. The average Bonchev–Trinajstić information content (AvgIpc) is 3.22. The van der Waals surface area contributed by atoms with E-state index in [0.29, 0.717) is 0 Å². The second kappa shape index (κ2) is 13.5. The first-order chi connectivity index (χ1) is 14.2. The van der Waals surface area contributed by atoms with Crippen LogP contribution in [0.2, 0.25) is 5.02 Å². The molecule has 2 aromatic rings.